The van der Waals surface area contributed by atoms with Gasteiger partial charge in [-0.2, -0.15) is 0 Å². The third-order valence-electron chi connectivity index (χ3n) is 8.58. The van der Waals surface area contributed by atoms with E-state index in [2.05, 4.69) is 24.3 Å². The molecule has 7 aromatic carbocycles. The molecule has 0 radical (unpaired) electrons. The maximum Gasteiger partial charge on any atom is 0.164 e. The number of benzene rings is 7. The van der Waals surface area contributed by atoms with E-state index in [0.717, 1.165) is 48.0 Å². The minimum absolute atomic E-state index is 0.0765. The van der Waals surface area contributed by atoms with Crippen molar-refractivity contribution < 1.29 is 11.0 Å². The van der Waals surface area contributed by atoms with Crippen molar-refractivity contribution in [1.29, 1.82) is 0 Å². The van der Waals surface area contributed by atoms with Gasteiger partial charge in [0.2, 0.25) is 0 Å². The van der Waals surface area contributed by atoms with E-state index in [1.807, 2.05) is 91.0 Å². The van der Waals surface area contributed by atoms with Crippen molar-refractivity contribution in [3.63, 3.8) is 0 Å². The van der Waals surface area contributed by atoms with Crippen molar-refractivity contribution >= 4 is 31.5 Å². The fourth-order valence-electron chi connectivity index (χ4n) is 6.09. The molecule has 236 valence electrons. The first kappa shape index (κ1) is 22.4. The predicted molar refractivity (Wildman–Crippen MR) is 210 cm³/mol. The lowest BCUT2D eigenvalue weighted by Crippen LogP contribution is -2.00. The Morgan fingerprint density at radius 3 is 1.60 bits per heavy atom. The zero-order chi connectivity index (χ0) is 40.4. The largest absolute Gasteiger partial charge is 0.208 e. The van der Waals surface area contributed by atoms with Crippen LogP contribution in [-0.4, -0.2) is 15.0 Å². The quantitative estimate of drug-likeness (QED) is 0.177. The lowest BCUT2D eigenvalue weighted by atomic mass is 9.98. The van der Waals surface area contributed by atoms with Gasteiger partial charge in [0.25, 0.3) is 0 Å². The van der Waals surface area contributed by atoms with E-state index in [4.69, 9.17) is 23.2 Å². The Balaban J connectivity index is 1.23. The van der Waals surface area contributed by atoms with Gasteiger partial charge in [-0.3, -0.25) is 0 Å². The molecule has 0 saturated heterocycles. The summed E-state index contributed by atoms with van der Waals surface area (Å²) in [5, 5.41) is 1.69. The molecule has 2 aromatic heterocycles. The number of rotatable bonds is 6. The standard InChI is InChI=1S/C46H31N3S/c1-30-18-20-32(21-19-30)34-22-26-35(27-23-34)38-14-8-15-39-42-40(16-9-17-41(42)50-43(38)39)46-48-44(36-12-6-3-7-13-36)47-45(49-46)37-28-24-33(25-29-37)31-10-4-2-5-11-31/h2-29H,1H3/i18D,19D,20D,21D,22D,23D,26D,27D. The van der Waals surface area contributed by atoms with E-state index in [-0.39, 0.29) is 46.4 Å². The molecule has 0 aliphatic rings. The molecule has 4 heteroatoms. The van der Waals surface area contributed by atoms with Gasteiger partial charge in [-0.15, -0.1) is 11.3 Å². The van der Waals surface area contributed by atoms with Gasteiger partial charge in [0, 0.05) is 36.9 Å². The van der Waals surface area contributed by atoms with Crippen molar-refractivity contribution in [3.8, 4) is 67.5 Å². The second-order valence-electron chi connectivity index (χ2n) is 11.8. The first-order valence-electron chi connectivity index (χ1n) is 20.1. The van der Waals surface area contributed by atoms with Crippen LogP contribution in [0.25, 0.3) is 87.7 Å². The fraction of sp³-hybridized carbons (Fsp3) is 0.0217. The second-order valence-corrected chi connectivity index (χ2v) is 12.9. The molecule has 3 nitrogen and oxygen atoms in total. The lowest BCUT2D eigenvalue weighted by molar-refractivity contribution is 1.08. The van der Waals surface area contributed by atoms with E-state index in [1.165, 1.54) is 18.3 Å². The normalized spacial score (nSPS) is 13.5. The maximum absolute atomic E-state index is 9.18. The van der Waals surface area contributed by atoms with Crippen LogP contribution in [0.5, 0.6) is 0 Å². The molecule has 9 aromatic rings. The van der Waals surface area contributed by atoms with Crippen LogP contribution in [0.2, 0.25) is 0 Å². The molecule has 0 saturated carbocycles. The monoisotopic (exact) mass is 665 g/mol. The molecule has 0 fully saturated rings. The van der Waals surface area contributed by atoms with E-state index in [1.54, 1.807) is 6.07 Å². The Bertz CT molecular complexity index is 3040. The molecule has 0 aliphatic carbocycles. The number of aromatic nitrogens is 3. The van der Waals surface area contributed by atoms with Gasteiger partial charge in [0.15, 0.2) is 17.5 Å². The van der Waals surface area contributed by atoms with Crippen LogP contribution in [0.1, 0.15) is 16.5 Å². The van der Waals surface area contributed by atoms with Crippen LogP contribution in [0, 0.1) is 6.92 Å². The van der Waals surface area contributed by atoms with Crippen molar-refractivity contribution in [3.05, 3.63) is 175 Å². The molecule has 0 unspecified atom stereocenters. The summed E-state index contributed by atoms with van der Waals surface area (Å²) in [5.74, 6) is 1.50. The number of fused-ring (bicyclic) bond motifs is 3. The van der Waals surface area contributed by atoms with Gasteiger partial charge in [-0.1, -0.05) is 169 Å². The zero-order valence-electron chi connectivity index (χ0n) is 34.8. The highest BCUT2D eigenvalue weighted by Crippen LogP contribution is 2.44. The van der Waals surface area contributed by atoms with Gasteiger partial charge in [0.1, 0.15) is 0 Å². The Morgan fingerprint density at radius 1 is 0.420 bits per heavy atom. The summed E-state index contributed by atoms with van der Waals surface area (Å²) < 4.78 is 72.0. The molecule has 0 N–H and O–H groups in total. The van der Waals surface area contributed by atoms with E-state index >= 15 is 0 Å². The number of hydrogen-bond donors (Lipinski definition) is 0. The highest BCUT2D eigenvalue weighted by Gasteiger charge is 2.18. The molecule has 0 spiro atoms. The average Bonchev–Trinajstić information content (AvgIpc) is 3.66. The van der Waals surface area contributed by atoms with Gasteiger partial charge < -0.3 is 0 Å². The molecular formula is C46H31N3S. The van der Waals surface area contributed by atoms with E-state index < -0.39 is 24.2 Å². The molecular weight excluding hydrogens is 627 g/mol. The third kappa shape index (κ3) is 5.56. The maximum atomic E-state index is 9.18. The first-order valence-corrected chi connectivity index (χ1v) is 16.9. The van der Waals surface area contributed by atoms with Gasteiger partial charge in [0.05, 0.1) is 11.0 Å². The fourth-order valence-corrected chi connectivity index (χ4v) is 7.34. The summed E-state index contributed by atoms with van der Waals surface area (Å²) in [6.45, 7) is 1.48. The summed E-state index contributed by atoms with van der Waals surface area (Å²) in [7, 11) is 0. The van der Waals surface area contributed by atoms with Crippen molar-refractivity contribution in [2.24, 2.45) is 0 Å². The minimum atomic E-state index is -0.442. The van der Waals surface area contributed by atoms with Crippen LogP contribution in [0.4, 0.5) is 0 Å². The average molecular weight is 666 g/mol. The lowest BCUT2D eigenvalue weighted by Gasteiger charge is -2.10. The van der Waals surface area contributed by atoms with E-state index in [9.17, 15) is 2.74 Å². The molecule has 0 bridgehead atoms. The first-order chi connectivity index (χ1) is 28.0. The van der Waals surface area contributed by atoms with Crippen LogP contribution < -0.4 is 0 Å². The zero-order valence-corrected chi connectivity index (χ0v) is 27.6. The number of hydrogen-bond acceptors (Lipinski definition) is 4. The SMILES string of the molecule is [2H]c1c([2H])c(-c2c([2H])c([2H])c(-c3cccc4c3sc3cccc(-c5nc(-c6ccccc6)nc(-c6ccc(-c7ccccc7)cc6)n5)c34)c([2H])c2[2H])c([2H])c([2H])c1C. The summed E-state index contributed by atoms with van der Waals surface area (Å²) in [5.41, 5.74) is 4.80. The van der Waals surface area contributed by atoms with E-state index in [0.29, 0.717) is 23.0 Å². The Labute approximate surface area is 306 Å². The minimum Gasteiger partial charge on any atom is -0.208 e. The van der Waals surface area contributed by atoms with Crippen LogP contribution in [0.3, 0.4) is 0 Å². The predicted octanol–water partition coefficient (Wildman–Crippen LogP) is 12.5. The van der Waals surface area contributed by atoms with Gasteiger partial charge in [-0.25, -0.2) is 15.0 Å². The van der Waals surface area contributed by atoms with Crippen molar-refractivity contribution in [2.75, 3.05) is 0 Å². The Hall–Kier alpha value is -6.23. The highest BCUT2D eigenvalue weighted by atomic mass is 32.1. The topological polar surface area (TPSA) is 38.7 Å². The molecule has 0 amide bonds. The molecule has 0 aliphatic heterocycles. The summed E-state index contributed by atoms with van der Waals surface area (Å²) in [4.78, 5) is 15.0. The Kier molecular flexibility index (Phi) is 5.68. The summed E-state index contributed by atoms with van der Waals surface area (Å²) in [6, 6.07) is 36.5. The third-order valence-corrected chi connectivity index (χ3v) is 9.78. The van der Waals surface area contributed by atoms with Gasteiger partial charge in [-0.05, 0) is 46.4 Å². The highest BCUT2D eigenvalue weighted by molar-refractivity contribution is 7.26. The van der Waals surface area contributed by atoms with Crippen LogP contribution >= 0.6 is 11.3 Å². The molecule has 2 heterocycles. The van der Waals surface area contributed by atoms with Crippen LogP contribution in [0.15, 0.2) is 170 Å². The smallest absolute Gasteiger partial charge is 0.164 e. The molecule has 9 rings (SSSR count). The Morgan fingerprint density at radius 2 is 0.920 bits per heavy atom. The van der Waals surface area contributed by atoms with Gasteiger partial charge >= 0.3 is 0 Å². The van der Waals surface area contributed by atoms with Crippen molar-refractivity contribution in [1.82, 2.24) is 15.0 Å². The molecule has 50 heavy (non-hydrogen) atoms. The van der Waals surface area contributed by atoms with Crippen LogP contribution in [-0.2, 0) is 0 Å². The number of thiophene rings is 1. The second kappa shape index (κ2) is 12.7. The molecule has 0 atom stereocenters. The van der Waals surface area contributed by atoms with Crippen molar-refractivity contribution in [2.45, 2.75) is 6.92 Å². The number of nitrogens with zero attached hydrogens (tertiary/aromatic N) is 3. The summed E-state index contributed by atoms with van der Waals surface area (Å²) in [6.07, 6.45) is 0. The summed E-state index contributed by atoms with van der Waals surface area (Å²) >= 11 is 1.46.